The molecule has 1 aromatic carbocycles. The van der Waals surface area contributed by atoms with Crippen LogP contribution in [-0.2, 0) is 0 Å². The molecule has 0 aliphatic heterocycles. The fourth-order valence-electron chi connectivity index (χ4n) is 1.48. The molecule has 0 fully saturated rings. The van der Waals surface area contributed by atoms with E-state index in [9.17, 15) is 5.11 Å². The third-order valence-electron chi connectivity index (χ3n) is 2.29. The van der Waals surface area contributed by atoms with Crippen molar-refractivity contribution < 1.29 is 5.11 Å². The van der Waals surface area contributed by atoms with Crippen LogP contribution in [-0.4, -0.2) is 10.1 Å². The van der Waals surface area contributed by atoms with Crippen molar-refractivity contribution in [1.82, 2.24) is 4.98 Å². The number of rotatable bonds is 2. The van der Waals surface area contributed by atoms with Gasteiger partial charge in [-0.25, -0.2) is 0 Å². The van der Waals surface area contributed by atoms with Gasteiger partial charge in [0.25, 0.3) is 0 Å². The molecule has 0 radical (unpaired) electrons. The Bertz CT molecular complexity index is 442. The summed E-state index contributed by atoms with van der Waals surface area (Å²) in [6.07, 6.45) is 2.60. The summed E-state index contributed by atoms with van der Waals surface area (Å²) >= 11 is 0. The maximum Gasteiger partial charge on any atom is 0.108 e. The lowest BCUT2D eigenvalue weighted by atomic mass is 10.0. The van der Waals surface area contributed by atoms with Crippen molar-refractivity contribution in [3.8, 4) is 0 Å². The Balaban J connectivity index is 2.37. The summed E-state index contributed by atoms with van der Waals surface area (Å²) in [5.74, 6) is 0. The number of benzene rings is 1. The predicted octanol–water partition coefficient (Wildman–Crippen LogP) is 1.75. The summed E-state index contributed by atoms with van der Waals surface area (Å²) in [6, 6.07) is 10.9. The van der Waals surface area contributed by atoms with Gasteiger partial charge in [-0.2, -0.15) is 0 Å². The van der Waals surface area contributed by atoms with E-state index in [2.05, 4.69) is 4.98 Å². The molecule has 0 bridgehead atoms. The normalized spacial score (nSPS) is 12.3. The largest absolute Gasteiger partial charge is 0.398 e. The van der Waals surface area contributed by atoms with Crippen molar-refractivity contribution in [2.75, 3.05) is 5.73 Å². The predicted molar refractivity (Wildman–Crippen MR) is 59.2 cm³/mol. The second-order valence-corrected chi connectivity index (χ2v) is 3.32. The van der Waals surface area contributed by atoms with Gasteiger partial charge in [0.15, 0.2) is 0 Å². The first-order chi connectivity index (χ1) is 7.29. The topological polar surface area (TPSA) is 59.1 Å². The van der Waals surface area contributed by atoms with Gasteiger partial charge in [0, 0.05) is 29.2 Å². The summed E-state index contributed by atoms with van der Waals surface area (Å²) in [6.45, 7) is 0. The molecule has 3 nitrogen and oxygen atoms in total. The molecule has 0 saturated carbocycles. The first-order valence-corrected chi connectivity index (χ1v) is 4.71. The van der Waals surface area contributed by atoms with Gasteiger partial charge < -0.3 is 10.8 Å². The van der Waals surface area contributed by atoms with E-state index < -0.39 is 6.10 Å². The minimum atomic E-state index is -0.708. The number of aliphatic hydroxyl groups is 1. The van der Waals surface area contributed by atoms with Gasteiger partial charge in [0.05, 0.1) is 0 Å². The molecule has 0 spiro atoms. The zero-order valence-electron chi connectivity index (χ0n) is 8.17. The van der Waals surface area contributed by atoms with E-state index in [-0.39, 0.29) is 0 Å². The smallest absolute Gasteiger partial charge is 0.108 e. The van der Waals surface area contributed by atoms with E-state index in [1.54, 1.807) is 24.5 Å². The number of aromatic nitrogens is 1. The van der Waals surface area contributed by atoms with Crippen LogP contribution in [0.5, 0.6) is 0 Å². The van der Waals surface area contributed by atoms with E-state index in [0.717, 1.165) is 5.56 Å². The van der Waals surface area contributed by atoms with Crippen molar-refractivity contribution in [2.45, 2.75) is 6.10 Å². The molecular formula is C12H12N2O. The molecule has 15 heavy (non-hydrogen) atoms. The van der Waals surface area contributed by atoms with Gasteiger partial charge in [-0.1, -0.05) is 24.3 Å². The number of hydrogen-bond acceptors (Lipinski definition) is 3. The lowest BCUT2D eigenvalue weighted by Crippen LogP contribution is -2.03. The zero-order valence-corrected chi connectivity index (χ0v) is 8.17. The van der Waals surface area contributed by atoms with E-state index in [1.165, 1.54) is 0 Å². The highest BCUT2D eigenvalue weighted by molar-refractivity contribution is 5.50. The molecule has 0 saturated heterocycles. The molecule has 1 atom stereocenters. The number of pyridine rings is 1. The van der Waals surface area contributed by atoms with Crippen molar-refractivity contribution in [1.29, 1.82) is 0 Å². The fourth-order valence-corrected chi connectivity index (χ4v) is 1.48. The number of para-hydroxylation sites is 1. The van der Waals surface area contributed by atoms with E-state index in [4.69, 9.17) is 5.73 Å². The van der Waals surface area contributed by atoms with Crippen LogP contribution in [0.25, 0.3) is 0 Å². The van der Waals surface area contributed by atoms with Crippen molar-refractivity contribution in [2.24, 2.45) is 0 Å². The molecule has 1 unspecified atom stereocenters. The minimum absolute atomic E-state index is 0.592. The highest BCUT2D eigenvalue weighted by Crippen LogP contribution is 2.25. The molecule has 3 N–H and O–H groups in total. The quantitative estimate of drug-likeness (QED) is 0.726. The van der Waals surface area contributed by atoms with Crippen molar-refractivity contribution in [3.05, 3.63) is 59.9 Å². The monoisotopic (exact) mass is 200 g/mol. The average Bonchev–Trinajstić information content (AvgIpc) is 2.30. The Kier molecular flexibility index (Phi) is 2.65. The SMILES string of the molecule is Nc1ccccc1C(O)c1cccnc1. The molecule has 3 heteroatoms. The van der Waals surface area contributed by atoms with Gasteiger partial charge in [-0.15, -0.1) is 0 Å². The van der Waals surface area contributed by atoms with Crippen LogP contribution < -0.4 is 5.73 Å². The fraction of sp³-hybridized carbons (Fsp3) is 0.0833. The second kappa shape index (κ2) is 4.11. The summed E-state index contributed by atoms with van der Waals surface area (Å²) in [4.78, 5) is 3.96. The molecule has 2 aromatic rings. The highest BCUT2D eigenvalue weighted by Gasteiger charge is 2.12. The third kappa shape index (κ3) is 1.97. The zero-order chi connectivity index (χ0) is 10.7. The molecule has 76 valence electrons. The molecule has 1 heterocycles. The van der Waals surface area contributed by atoms with Crippen LogP contribution in [0.15, 0.2) is 48.8 Å². The third-order valence-corrected chi connectivity index (χ3v) is 2.29. The second-order valence-electron chi connectivity index (χ2n) is 3.32. The van der Waals surface area contributed by atoms with Gasteiger partial charge in [0.2, 0.25) is 0 Å². The van der Waals surface area contributed by atoms with Gasteiger partial charge >= 0.3 is 0 Å². The van der Waals surface area contributed by atoms with Crippen LogP contribution >= 0.6 is 0 Å². The number of nitrogen functional groups attached to an aromatic ring is 1. The Labute approximate surface area is 88.2 Å². The van der Waals surface area contributed by atoms with Gasteiger partial charge in [0.1, 0.15) is 6.10 Å². The number of nitrogens with two attached hydrogens (primary N) is 1. The van der Waals surface area contributed by atoms with E-state index >= 15 is 0 Å². The van der Waals surface area contributed by atoms with Crippen LogP contribution in [0.3, 0.4) is 0 Å². The van der Waals surface area contributed by atoms with Crippen molar-refractivity contribution in [3.63, 3.8) is 0 Å². The Morgan fingerprint density at radius 3 is 2.60 bits per heavy atom. The Morgan fingerprint density at radius 2 is 1.93 bits per heavy atom. The molecule has 0 aliphatic carbocycles. The first kappa shape index (κ1) is 9.68. The molecule has 0 aliphatic rings. The summed E-state index contributed by atoms with van der Waals surface area (Å²) in [5, 5.41) is 10.1. The van der Waals surface area contributed by atoms with Crippen LogP contribution in [0, 0.1) is 0 Å². The molecule has 1 aromatic heterocycles. The number of anilines is 1. The summed E-state index contributed by atoms with van der Waals surface area (Å²) in [7, 11) is 0. The number of aliphatic hydroxyl groups excluding tert-OH is 1. The maximum atomic E-state index is 10.1. The summed E-state index contributed by atoms with van der Waals surface area (Å²) in [5.41, 5.74) is 7.83. The van der Waals surface area contributed by atoms with Crippen LogP contribution in [0.4, 0.5) is 5.69 Å². The lowest BCUT2D eigenvalue weighted by Gasteiger charge is -2.12. The minimum Gasteiger partial charge on any atom is -0.398 e. The Hall–Kier alpha value is -1.87. The molecular weight excluding hydrogens is 188 g/mol. The average molecular weight is 200 g/mol. The standard InChI is InChI=1S/C12H12N2O/c13-11-6-2-1-5-10(11)12(15)9-4-3-7-14-8-9/h1-8,12,15H,13H2. The number of hydrogen-bond donors (Lipinski definition) is 2. The number of nitrogens with zero attached hydrogens (tertiary/aromatic N) is 1. The van der Waals surface area contributed by atoms with E-state index in [0.29, 0.717) is 11.3 Å². The van der Waals surface area contributed by atoms with Crippen LogP contribution in [0.1, 0.15) is 17.2 Å². The molecule has 0 amide bonds. The van der Waals surface area contributed by atoms with Crippen LogP contribution in [0.2, 0.25) is 0 Å². The van der Waals surface area contributed by atoms with E-state index in [1.807, 2.05) is 24.3 Å². The molecule has 2 rings (SSSR count). The van der Waals surface area contributed by atoms with Gasteiger partial charge in [-0.3, -0.25) is 4.98 Å². The Morgan fingerprint density at radius 1 is 1.13 bits per heavy atom. The summed E-state index contributed by atoms with van der Waals surface area (Å²) < 4.78 is 0. The van der Waals surface area contributed by atoms with Gasteiger partial charge in [-0.05, 0) is 12.1 Å². The first-order valence-electron chi connectivity index (χ1n) is 4.71. The highest BCUT2D eigenvalue weighted by atomic mass is 16.3. The maximum absolute atomic E-state index is 10.1. The lowest BCUT2D eigenvalue weighted by molar-refractivity contribution is 0.220. The van der Waals surface area contributed by atoms with Crippen molar-refractivity contribution >= 4 is 5.69 Å².